The lowest BCUT2D eigenvalue weighted by Gasteiger charge is -2.37. The standard InChI is InChI=1S/C19H26N4O.ClH/c1-13-14(2)21-19(20-10-12-24-4)22-18(13)23-11-9-16-7-5-6-8-17(16)15(23)3;/h5-8,15H,9-12H2,1-4H3,(H,20,21,22);1H. The number of aryl methyl sites for hydroxylation is 1. The van der Waals surface area contributed by atoms with Gasteiger partial charge in [0.15, 0.2) is 0 Å². The fourth-order valence-corrected chi connectivity index (χ4v) is 3.30. The summed E-state index contributed by atoms with van der Waals surface area (Å²) in [5.74, 6) is 1.71. The summed E-state index contributed by atoms with van der Waals surface area (Å²) in [5, 5.41) is 3.25. The quantitative estimate of drug-likeness (QED) is 0.822. The molecule has 0 amide bonds. The molecule has 1 aromatic carbocycles. The molecule has 1 unspecified atom stereocenters. The zero-order chi connectivity index (χ0) is 17.1. The molecule has 0 fully saturated rings. The van der Waals surface area contributed by atoms with Crippen LogP contribution in [0.15, 0.2) is 24.3 Å². The molecule has 0 bridgehead atoms. The predicted octanol–water partition coefficient (Wildman–Crippen LogP) is 3.70. The van der Waals surface area contributed by atoms with Crippen molar-refractivity contribution in [2.24, 2.45) is 0 Å². The zero-order valence-electron chi connectivity index (χ0n) is 15.4. The molecule has 1 aliphatic heterocycles. The largest absolute Gasteiger partial charge is 0.383 e. The molecule has 2 heterocycles. The highest BCUT2D eigenvalue weighted by molar-refractivity contribution is 5.85. The van der Waals surface area contributed by atoms with E-state index < -0.39 is 0 Å². The first kappa shape index (κ1) is 19.5. The van der Waals surface area contributed by atoms with E-state index in [0.717, 1.165) is 30.0 Å². The van der Waals surface area contributed by atoms with E-state index in [2.05, 4.69) is 53.3 Å². The molecule has 2 aromatic rings. The van der Waals surface area contributed by atoms with Crippen molar-refractivity contribution >= 4 is 24.2 Å². The van der Waals surface area contributed by atoms with Crippen LogP contribution in [0.4, 0.5) is 11.8 Å². The molecule has 6 heteroatoms. The minimum absolute atomic E-state index is 0. The number of fused-ring (bicyclic) bond motifs is 1. The van der Waals surface area contributed by atoms with Gasteiger partial charge in [0.05, 0.1) is 12.6 Å². The summed E-state index contributed by atoms with van der Waals surface area (Å²) in [6.07, 6.45) is 1.05. The molecule has 5 nitrogen and oxygen atoms in total. The van der Waals surface area contributed by atoms with Crippen LogP contribution in [0.5, 0.6) is 0 Å². The number of nitrogens with one attached hydrogen (secondary N) is 1. The Labute approximate surface area is 156 Å². The van der Waals surface area contributed by atoms with Crippen LogP contribution in [-0.2, 0) is 11.2 Å². The lowest BCUT2D eigenvalue weighted by Crippen LogP contribution is -2.35. The Morgan fingerprint density at radius 3 is 2.76 bits per heavy atom. The summed E-state index contributed by atoms with van der Waals surface area (Å²) in [4.78, 5) is 11.8. The molecule has 0 aliphatic carbocycles. The van der Waals surface area contributed by atoms with Gasteiger partial charge in [-0.05, 0) is 38.3 Å². The van der Waals surface area contributed by atoms with Crippen LogP contribution in [0.3, 0.4) is 0 Å². The van der Waals surface area contributed by atoms with Gasteiger partial charge in [0.2, 0.25) is 5.95 Å². The number of halogens is 1. The average molecular weight is 363 g/mol. The van der Waals surface area contributed by atoms with Gasteiger partial charge in [0.25, 0.3) is 0 Å². The topological polar surface area (TPSA) is 50.3 Å². The lowest BCUT2D eigenvalue weighted by molar-refractivity contribution is 0.210. The number of anilines is 2. The highest BCUT2D eigenvalue weighted by atomic mass is 35.5. The molecule has 25 heavy (non-hydrogen) atoms. The Bertz CT molecular complexity index is 723. The van der Waals surface area contributed by atoms with E-state index in [1.807, 2.05) is 6.92 Å². The van der Waals surface area contributed by atoms with E-state index in [1.54, 1.807) is 7.11 Å². The van der Waals surface area contributed by atoms with E-state index in [4.69, 9.17) is 9.72 Å². The lowest BCUT2D eigenvalue weighted by atomic mass is 9.93. The van der Waals surface area contributed by atoms with E-state index >= 15 is 0 Å². The molecular formula is C19H27ClN4O. The third-order valence-electron chi connectivity index (χ3n) is 4.82. The zero-order valence-corrected chi connectivity index (χ0v) is 16.2. The number of benzene rings is 1. The number of nitrogens with zero attached hydrogens (tertiary/aromatic N) is 3. The molecule has 0 saturated heterocycles. The van der Waals surface area contributed by atoms with Crippen molar-refractivity contribution in [1.29, 1.82) is 0 Å². The summed E-state index contributed by atoms with van der Waals surface area (Å²) in [6, 6.07) is 9.02. The number of ether oxygens (including phenoxy) is 1. The molecule has 136 valence electrons. The van der Waals surface area contributed by atoms with Gasteiger partial charge in [-0.15, -0.1) is 12.4 Å². The number of methoxy groups -OCH3 is 1. The van der Waals surface area contributed by atoms with Gasteiger partial charge in [0, 0.05) is 31.5 Å². The summed E-state index contributed by atoms with van der Waals surface area (Å²) in [5.41, 5.74) is 5.01. The normalized spacial score (nSPS) is 16.2. The fourth-order valence-electron chi connectivity index (χ4n) is 3.30. The average Bonchev–Trinajstić information content (AvgIpc) is 2.59. The maximum atomic E-state index is 5.09. The maximum Gasteiger partial charge on any atom is 0.224 e. The van der Waals surface area contributed by atoms with Gasteiger partial charge in [0.1, 0.15) is 5.82 Å². The van der Waals surface area contributed by atoms with Crippen molar-refractivity contribution in [2.45, 2.75) is 33.2 Å². The minimum atomic E-state index is 0. The van der Waals surface area contributed by atoms with Crippen molar-refractivity contribution < 1.29 is 4.74 Å². The number of aromatic nitrogens is 2. The Balaban J connectivity index is 0.00000225. The van der Waals surface area contributed by atoms with Gasteiger partial charge in [-0.25, -0.2) is 4.98 Å². The Hall–Kier alpha value is -1.85. The van der Waals surface area contributed by atoms with E-state index in [1.165, 1.54) is 11.1 Å². The molecule has 0 radical (unpaired) electrons. The summed E-state index contributed by atoms with van der Waals surface area (Å²) >= 11 is 0. The molecule has 1 N–H and O–H groups in total. The van der Waals surface area contributed by atoms with Crippen molar-refractivity contribution in [2.75, 3.05) is 37.0 Å². The molecule has 3 rings (SSSR count). The molecule has 1 aromatic heterocycles. The third kappa shape index (κ3) is 4.05. The number of hydrogen-bond donors (Lipinski definition) is 1. The van der Waals surface area contributed by atoms with E-state index in [-0.39, 0.29) is 12.4 Å². The Morgan fingerprint density at radius 1 is 1.24 bits per heavy atom. The van der Waals surface area contributed by atoms with Crippen LogP contribution in [0, 0.1) is 13.8 Å². The second kappa shape index (κ2) is 8.50. The first-order valence-electron chi connectivity index (χ1n) is 8.54. The van der Waals surface area contributed by atoms with Crippen molar-refractivity contribution in [1.82, 2.24) is 9.97 Å². The van der Waals surface area contributed by atoms with Gasteiger partial charge >= 0.3 is 0 Å². The van der Waals surface area contributed by atoms with E-state index in [0.29, 0.717) is 25.1 Å². The minimum Gasteiger partial charge on any atom is -0.383 e. The Morgan fingerprint density at radius 2 is 2.00 bits per heavy atom. The molecule has 1 atom stereocenters. The van der Waals surface area contributed by atoms with Gasteiger partial charge in [-0.2, -0.15) is 4.98 Å². The summed E-state index contributed by atoms with van der Waals surface area (Å²) in [6.45, 7) is 8.73. The first-order chi connectivity index (χ1) is 11.6. The van der Waals surface area contributed by atoms with Gasteiger partial charge in [-0.3, -0.25) is 0 Å². The molecule has 0 saturated carbocycles. The SMILES string of the molecule is COCCNc1nc(C)c(C)c(N2CCc3ccccc3C2C)n1.Cl. The molecule has 1 aliphatic rings. The number of rotatable bonds is 5. The fraction of sp³-hybridized carbons (Fsp3) is 0.474. The maximum absolute atomic E-state index is 5.09. The van der Waals surface area contributed by atoms with Crippen LogP contribution in [0.1, 0.15) is 35.3 Å². The molecular weight excluding hydrogens is 336 g/mol. The van der Waals surface area contributed by atoms with Crippen molar-refractivity contribution in [3.8, 4) is 0 Å². The second-order valence-electron chi connectivity index (χ2n) is 6.32. The predicted molar refractivity (Wildman–Crippen MR) is 105 cm³/mol. The summed E-state index contributed by atoms with van der Waals surface area (Å²) < 4.78 is 5.09. The van der Waals surface area contributed by atoms with Crippen LogP contribution >= 0.6 is 12.4 Å². The highest BCUT2D eigenvalue weighted by Crippen LogP contribution is 2.34. The number of hydrogen-bond acceptors (Lipinski definition) is 5. The molecule has 0 spiro atoms. The van der Waals surface area contributed by atoms with Crippen LogP contribution in [0.2, 0.25) is 0 Å². The van der Waals surface area contributed by atoms with Crippen LogP contribution in [0.25, 0.3) is 0 Å². The summed E-state index contributed by atoms with van der Waals surface area (Å²) in [7, 11) is 1.70. The van der Waals surface area contributed by atoms with E-state index in [9.17, 15) is 0 Å². The second-order valence-corrected chi connectivity index (χ2v) is 6.32. The van der Waals surface area contributed by atoms with Crippen LogP contribution in [-0.4, -0.2) is 36.8 Å². The van der Waals surface area contributed by atoms with Crippen molar-refractivity contribution in [3.63, 3.8) is 0 Å². The van der Waals surface area contributed by atoms with Gasteiger partial charge < -0.3 is 15.0 Å². The van der Waals surface area contributed by atoms with Gasteiger partial charge in [-0.1, -0.05) is 24.3 Å². The van der Waals surface area contributed by atoms with Crippen molar-refractivity contribution in [3.05, 3.63) is 46.6 Å². The smallest absolute Gasteiger partial charge is 0.224 e. The highest BCUT2D eigenvalue weighted by Gasteiger charge is 2.26. The Kier molecular flexibility index (Phi) is 6.62. The van der Waals surface area contributed by atoms with Crippen LogP contribution < -0.4 is 10.2 Å². The first-order valence-corrected chi connectivity index (χ1v) is 8.54. The monoisotopic (exact) mass is 362 g/mol. The third-order valence-corrected chi connectivity index (χ3v) is 4.82.